The van der Waals surface area contributed by atoms with Crippen molar-refractivity contribution < 1.29 is 12.9 Å². The van der Waals surface area contributed by atoms with Gasteiger partial charge in [0, 0.05) is 25.6 Å². The number of likely N-dealkylation sites (N-methyl/N-ethyl adjacent to an activating group) is 1. The highest BCUT2D eigenvalue weighted by Crippen LogP contribution is 2.18. The van der Waals surface area contributed by atoms with Crippen LogP contribution in [0.25, 0.3) is 11.5 Å². The molecule has 0 amide bonds. The third kappa shape index (κ3) is 4.56. The third-order valence-corrected chi connectivity index (χ3v) is 5.88. The van der Waals surface area contributed by atoms with Gasteiger partial charge in [-0.25, -0.2) is 12.7 Å². The Hall–Kier alpha value is -2.51. The van der Waals surface area contributed by atoms with Crippen LogP contribution < -0.4 is 0 Å². The summed E-state index contributed by atoms with van der Waals surface area (Å²) in [5.41, 5.74) is 2.73. The Labute approximate surface area is 153 Å². The zero-order chi connectivity index (χ0) is 18.6. The molecule has 0 aliphatic rings. The topological polar surface area (TPSA) is 76.3 Å². The Morgan fingerprint density at radius 3 is 2.58 bits per heavy atom. The van der Waals surface area contributed by atoms with E-state index in [1.165, 1.54) is 4.31 Å². The van der Waals surface area contributed by atoms with Crippen LogP contribution in [0.4, 0.5) is 0 Å². The van der Waals surface area contributed by atoms with Crippen molar-refractivity contribution in [1.29, 1.82) is 0 Å². The second-order valence-electron chi connectivity index (χ2n) is 6.20. The molecule has 0 saturated heterocycles. The predicted molar refractivity (Wildman–Crippen MR) is 99.9 cm³/mol. The molecule has 0 atom stereocenters. The largest absolute Gasteiger partial charge is 0.334 e. The van der Waals surface area contributed by atoms with E-state index in [4.69, 9.17) is 4.52 Å². The molecular weight excluding hydrogens is 350 g/mol. The summed E-state index contributed by atoms with van der Waals surface area (Å²) in [4.78, 5) is 4.36. The lowest BCUT2D eigenvalue weighted by molar-refractivity contribution is 0.415. The predicted octanol–water partition coefficient (Wildman–Crippen LogP) is 3.05. The molecule has 0 bridgehead atoms. The molecule has 0 aliphatic heterocycles. The van der Waals surface area contributed by atoms with E-state index in [-0.39, 0.29) is 5.75 Å². The van der Waals surface area contributed by atoms with Gasteiger partial charge in [-0.3, -0.25) is 0 Å². The molecule has 0 spiro atoms. The number of aromatic nitrogens is 2. The smallest absolute Gasteiger partial charge is 0.257 e. The highest BCUT2D eigenvalue weighted by atomic mass is 32.2. The number of benzene rings is 2. The van der Waals surface area contributed by atoms with Crippen LogP contribution in [0.5, 0.6) is 0 Å². The lowest BCUT2D eigenvalue weighted by Gasteiger charge is -2.16. The van der Waals surface area contributed by atoms with E-state index in [2.05, 4.69) is 10.1 Å². The van der Waals surface area contributed by atoms with Crippen LogP contribution in [0.1, 0.15) is 17.0 Å². The van der Waals surface area contributed by atoms with E-state index >= 15 is 0 Å². The number of hydrogen-bond acceptors (Lipinski definition) is 5. The minimum atomic E-state index is -3.39. The summed E-state index contributed by atoms with van der Waals surface area (Å²) in [6, 6.07) is 16.9. The zero-order valence-electron chi connectivity index (χ0n) is 14.8. The summed E-state index contributed by atoms with van der Waals surface area (Å²) in [5.74, 6) is 0.909. The van der Waals surface area contributed by atoms with E-state index < -0.39 is 10.0 Å². The average Bonchev–Trinajstić information content (AvgIpc) is 3.09. The first kappa shape index (κ1) is 18.3. The minimum Gasteiger partial charge on any atom is -0.334 e. The van der Waals surface area contributed by atoms with Crippen LogP contribution in [-0.4, -0.2) is 36.5 Å². The quantitative estimate of drug-likeness (QED) is 0.638. The van der Waals surface area contributed by atoms with Crippen molar-refractivity contribution in [3.63, 3.8) is 0 Å². The molecule has 0 radical (unpaired) electrons. The van der Waals surface area contributed by atoms with Crippen LogP contribution in [0.2, 0.25) is 0 Å². The van der Waals surface area contributed by atoms with Crippen molar-refractivity contribution in [2.45, 2.75) is 19.1 Å². The number of rotatable bonds is 7. The Bertz CT molecular complexity index is 968. The van der Waals surface area contributed by atoms with Crippen molar-refractivity contribution in [2.24, 2.45) is 0 Å². The van der Waals surface area contributed by atoms with Gasteiger partial charge in [0.05, 0.1) is 5.75 Å². The van der Waals surface area contributed by atoms with Gasteiger partial charge in [-0.05, 0) is 24.6 Å². The fraction of sp³-hybridized carbons (Fsp3) is 0.263. The number of aryl methyl sites for hydroxylation is 1. The molecule has 0 aliphatic carbocycles. The van der Waals surface area contributed by atoms with Crippen molar-refractivity contribution >= 4 is 10.0 Å². The Kier molecular flexibility index (Phi) is 5.49. The lowest BCUT2D eigenvalue weighted by atomic mass is 10.1. The monoisotopic (exact) mass is 371 g/mol. The molecular formula is C19H21N3O3S. The molecule has 3 rings (SSSR count). The van der Waals surface area contributed by atoms with E-state index in [0.29, 0.717) is 24.7 Å². The molecule has 0 N–H and O–H groups in total. The maximum absolute atomic E-state index is 12.4. The van der Waals surface area contributed by atoms with Gasteiger partial charge in [-0.15, -0.1) is 0 Å². The van der Waals surface area contributed by atoms with Gasteiger partial charge in [-0.2, -0.15) is 4.98 Å². The fourth-order valence-corrected chi connectivity index (χ4v) is 3.75. The van der Waals surface area contributed by atoms with Crippen LogP contribution in [0.3, 0.4) is 0 Å². The molecule has 3 aromatic rings. The molecule has 7 heteroatoms. The van der Waals surface area contributed by atoms with Gasteiger partial charge >= 0.3 is 0 Å². The summed E-state index contributed by atoms with van der Waals surface area (Å²) < 4.78 is 31.5. The zero-order valence-corrected chi connectivity index (χ0v) is 15.6. The second-order valence-corrected chi connectivity index (χ2v) is 8.27. The summed E-state index contributed by atoms with van der Waals surface area (Å²) in [5, 5.41) is 3.95. The Morgan fingerprint density at radius 2 is 1.85 bits per heavy atom. The summed E-state index contributed by atoms with van der Waals surface area (Å²) >= 11 is 0. The molecule has 0 unspecified atom stereocenters. The maximum atomic E-state index is 12.4. The standard InChI is InChI=1S/C19H21N3O3S/c1-15-7-6-10-17(13-15)19-20-18(21-25-19)11-12-22(2)26(23,24)14-16-8-4-3-5-9-16/h3-10,13H,11-12,14H2,1-2H3. The molecule has 2 aromatic carbocycles. The molecule has 136 valence electrons. The third-order valence-electron chi connectivity index (χ3n) is 4.05. The highest BCUT2D eigenvalue weighted by Gasteiger charge is 2.19. The molecule has 6 nitrogen and oxygen atoms in total. The van der Waals surface area contributed by atoms with Crippen LogP contribution in [0.15, 0.2) is 59.1 Å². The van der Waals surface area contributed by atoms with E-state index in [0.717, 1.165) is 16.7 Å². The van der Waals surface area contributed by atoms with Gasteiger partial charge in [0.25, 0.3) is 5.89 Å². The van der Waals surface area contributed by atoms with Crippen LogP contribution >= 0.6 is 0 Å². The van der Waals surface area contributed by atoms with Gasteiger partial charge < -0.3 is 4.52 Å². The van der Waals surface area contributed by atoms with Gasteiger partial charge in [0.15, 0.2) is 5.82 Å². The van der Waals surface area contributed by atoms with Crippen molar-refractivity contribution in [3.05, 3.63) is 71.5 Å². The first-order valence-electron chi connectivity index (χ1n) is 8.31. The van der Waals surface area contributed by atoms with Crippen LogP contribution in [0, 0.1) is 6.92 Å². The Balaban J connectivity index is 1.62. The normalized spacial score (nSPS) is 11.8. The van der Waals surface area contributed by atoms with Crippen molar-refractivity contribution in [2.75, 3.05) is 13.6 Å². The molecule has 0 fully saturated rings. The Morgan fingerprint density at radius 1 is 1.08 bits per heavy atom. The first-order valence-corrected chi connectivity index (χ1v) is 9.92. The lowest BCUT2D eigenvalue weighted by Crippen LogP contribution is -2.30. The number of nitrogens with zero attached hydrogens (tertiary/aromatic N) is 3. The van der Waals surface area contributed by atoms with Gasteiger partial charge in [0.1, 0.15) is 0 Å². The van der Waals surface area contributed by atoms with Gasteiger partial charge in [0.2, 0.25) is 10.0 Å². The van der Waals surface area contributed by atoms with Crippen molar-refractivity contribution in [1.82, 2.24) is 14.4 Å². The first-order chi connectivity index (χ1) is 12.4. The summed E-state index contributed by atoms with van der Waals surface area (Å²) in [6.45, 7) is 2.29. The average molecular weight is 371 g/mol. The summed E-state index contributed by atoms with van der Waals surface area (Å²) in [6.07, 6.45) is 0.389. The molecule has 1 heterocycles. The summed E-state index contributed by atoms with van der Waals surface area (Å²) in [7, 11) is -1.82. The molecule has 1 aromatic heterocycles. The van der Waals surface area contributed by atoms with E-state index in [1.807, 2.05) is 49.4 Å². The number of hydrogen-bond donors (Lipinski definition) is 0. The fourth-order valence-electron chi connectivity index (χ4n) is 2.54. The minimum absolute atomic E-state index is 0.0227. The van der Waals surface area contributed by atoms with Crippen molar-refractivity contribution in [3.8, 4) is 11.5 Å². The molecule has 26 heavy (non-hydrogen) atoms. The maximum Gasteiger partial charge on any atom is 0.257 e. The second kappa shape index (κ2) is 7.80. The van der Waals surface area contributed by atoms with Gasteiger partial charge in [-0.1, -0.05) is 53.2 Å². The molecule has 0 saturated carbocycles. The van der Waals surface area contributed by atoms with Crippen LogP contribution in [-0.2, 0) is 22.2 Å². The SMILES string of the molecule is Cc1cccc(-c2nc(CCN(C)S(=O)(=O)Cc3ccccc3)no2)c1. The highest BCUT2D eigenvalue weighted by molar-refractivity contribution is 7.88. The van der Waals surface area contributed by atoms with E-state index in [1.54, 1.807) is 19.2 Å². The van der Waals surface area contributed by atoms with E-state index in [9.17, 15) is 8.42 Å². The number of sulfonamides is 1.